The highest BCUT2D eigenvalue weighted by Crippen LogP contribution is 2.24. The van der Waals surface area contributed by atoms with Gasteiger partial charge in [-0.3, -0.25) is 14.4 Å². The van der Waals surface area contributed by atoms with Crippen molar-refractivity contribution in [2.24, 2.45) is 11.1 Å². The van der Waals surface area contributed by atoms with E-state index in [1.807, 2.05) is 0 Å². The van der Waals surface area contributed by atoms with Crippen LogP contribution in [-0.4, -0.2) is 80.1 Å². The van der Waals surface area contributed by atoms with Crippen LogP contribution in [0.15, 0.2) is 0 Å². The van der Waals surface area contributed by atoms with Gasteiger partial charge in [0.05, 0.1) is 6.04 Å². The lowest BCUT2D eigenvalue weighted by molar-refractivity contribution is -0.124. The molecule has 0 radical (unpaired) electrons. The molecule has 11 heteroatoms. The van der Waals surface area contributed by atoms with E-state index in [4.69, 9.17) is 5.73 Å². The molecule has 0 rings (SSSR count). The summed E-state index contributed by atoms with van der Waals surface area (Å²) in [6.07, 6.45) is 6.71. The van der Waals surface area contributed by atoms with Gasteiger partial charge in [-0.15, -0.1) is 0 Å². The summed E-state index contributed by atoms with van der Waals surface area (Å²) in [7, 11) is 3.43. The second kappa shape index (κ2) is 22.7. The molecule has 39 heavy (non-hydrogen) atoms. The van der Waals surface area contributed by atoms with Crippen molar-refractivity contribution in [1.29, 1.82) is 0 Å². The molecule has 0 aliphatic rings. The molecule has 0 aliphatic heterocycles. The molecule has 0 fully saturated rings. The van der Waals surface area contributed by atoms with Crippen molar-refractivity contribution in [3.63, 3.8) is 0 Å². The molecule has 0 aromatic heterocycles. The molecule has 1 atom stereocenters. The van der Waals surface area contributed by atoms with Gasteiger partial charge in [0.1, 0.15) is 0 Å². The van der Waals surface area contributed by atoms with Crippen molar-refractivity contribution in [2.75, 3.05) is 50.8 Å². The third kappa shape index (κ3) is 22.4. The Hall–Kier alpha value is -1.01. The molecule has 7 N–H and O–H groups in total. The maximum absolute atomic E-state index is 12.6. The summed E-state index contributed by atoms with van der Waals surface area (Å²) in [5.41, 5.74) is 5.50. The van der Waals surface area contributed by atoms with Gasteiger partial charge in [0.25, 0.3) is 0 Å². The van der Waals surface area contributed by atoms with E-state index in [1.54, 1.807) is 21.6 Å². The van der Waals surface area contributed by atoms with E-state index in [2.05, 4.69) is 68.1 Å². The molecule has 0 saturated carbocycles. The summed E-state index contributed by atoms with van der Waals surface area (Å²) in [6.45, 7) is 16.5. The van der Waals surface area contributed by atoms with E-state index in [0.717, 1.165) is 56.6 Å². The summed E-state index contributed by atoms with van der Waals surface area (Å²) in [5, 5.41) is 15.7. The van der Waals surface area contributed by atoms with E-state index in [0.29, 0.717) is 45.6 Å². The number of hydrogen-bond acceptors (Lipinski definition) is 8. The number of amides is 3. The average Bonchev–Trinajstić information content (AvgIpc) is 2.87. The van der Waals surface area contributed by atoms with Gasteiger partial charge in [-0.2, -0.15) is 0 Å². The minimum absolute atomic E-state index is 0.0177. The molecule has 230 valence electrons. The van der Waals surface area contributed by atoms with Gasteiger partial charge in [-0.25, -0.2) is 0 Å². The molecule has 3 amide bonds. The maximum atomic E-state index is 12.6. The van der Waals surface area contributed by atoms with Crippen LogP contribution in [0.3, 0.4) is 0 Å². The third-order valence-corrected chi connectivity index (χ3v) is 8.93. The zero-order valence-electron chi connectivity index (χ0n) is 25.5. The third-order valence-electron chi connectivity index (χ3n) is 6.52. The standard InChI is InChI=1S/C28H58N6O3S2/c1-7-13-28(5,6)34-23(26(37)33-17-14-29)11-9-10-15-30-16-12-24(35)31-18-20-38-39-21-19-32-25(36)22-27(3,4)8-2/h23,30,34H,7-22,29H2,1-6H3,(H,31,35)(H,32,36)(H,33,37). The Bertz CT molecular complexity index is 680. The smallest absolute Gasteiger partial charge is 0.237 e. The van der Waals surface area contributed by atoms with Crippen LogP contribution in [-0.2, 0) is 14.4 Å². The van der Waals surface area contributed by atoms with Gasteiger partial charge in [-0.1, -0.05) is 68.5 Å². The fourth-order valence-electron chi connectivity index (χ4n) is 3.97. The molecule has 1 unspecified atom stereocenters. The minimum atomic E-state index is -0.225. The molecular formula is C28H58N6O3S2. The largest absolute Gasteiger partial charge is 0.355 e. The van der Waals surface area contributed by atoms with Gasteiger partial charge in [-0.05, 0) is 45.1 Å². The molecule has 0 saturated heterocycles. The van der Waals surface area contributed by atoms with Crippen molar-refractivity contribution < 1.29 is 14.4 Å². The Labute approximate surface area is 246 Å². The lowest BCUT2D eigenvalue weighted by Crippen LogP contribution is -2.53. The zero-order valence-corrected chi connectivity index (χ0v) is 27.1. The van der Waals surface area contributed by atoms with Crippen LogP contribution in [0, 0.1) is 5.41 Å². The van der Waals surface area contributed by atoms with E-state index < -0.39 is 0 Å². The summed E-state index contributed by atoms with van der Waals surface area (Å²) in [6, 6.07) is -0.225. The van der Waals surface area contributed by atoms with E-state index in [1.165, 1.54) is 0 Å². The van der Waals surface area contributed by atoms with Crippen LogP contribution in [0.4, 0.5) is 0 Å². The second-order valence-electron chi connectivity index (χ2n) is 11.4. The predicted octanol–water partition coefficient (Wildman–Crippen LogP) is 3.19. The quantitative estimate of drug-likeness (QED) is 0.0705. The number of hydrogen-bond donors (Lipinski definition) is 6. The van der Waals surface area contributed by atoms with Crippen LogP contribution < -0.4 is 32.3 Å². The highest BCUT2D eigenvalue weighted by molar-refractivity contribution is 8.76. The first kappa shape index (κ1) is 38.0. The summed E-state index contributed by atoms with van der Waals surface area (Å²) < 4.78 is 0. The molecule has 0 bridgehead atoms. The Morgan fingerprint density at radius 3 is 2.05 bits per heavy atom. The average molecular weight is 591 g/mol. The van der Waals surface area contributed by atoms with Crippen molar-refractivity contribution in [3.05, 3.63) is 0 Å². The Morgan fingerprint density at radius 1 is 0.821 bits per heavy atom. The minimum Gasteiger partial charge on any atom is -0.355 e. The molecule has 0 aromatic carbocycles. The topological polar surface area (TPSA) is 137 Å². The SMILES string of the molecule is CCCC(C)(C)NC(CCCCNCCC(=O)NCCSSCCNC(=O)CC(C)(C)CC)C(=O)NCCN. The molecule has 0 heterocycles. The first-order valence-corrected chi connectivity index (χ1v) is 17.2. The predicted molar refractivity (Wildman–Crippen MR) is 169 cm³/mol. The number of carbonyl (C=O) groups excluding carboxylic acids is 3. The zero-order chi connectivity index (χ0) is 29.6. The number of unbranched alkanes of at least 4 members (excludes halogenated alkanes) is 1. The van der Waals surface area contributed by atoms with Crippen LogP contribution in [0.5, 0.6) is 0 Å². The van der Waals surface area contributed by atoms with E-state index >= 15 is 0 Å². The molecule has 9 nitrogen and oxygen atoms in total. The van der Waals surface area contributed by atoms with E-state index in [-0.39, 0.29) is 34.7 Å². The Balaban J connectivity index is 3.85. The van der Waals surface area contributed by atoms with Crippen LogP contribution >= 0.6 is 21.6 Å². The van der Waals surface area contributed by atoms with Gasteiger partial charge in [0, 0.05) is 62.6 Å². The normalized spacial score (nSPS) is 12.7. The molecule has 0 aromatic rings. The second-order valence-corrected chi connectivity index (χ2v) is 14.1. The fraction of sp³-hybridized carbons (Fsp3) is 0.893. The highest BCUT2D eigenvalue weighted by Gasteiger charge is 2.25. The molecule has 0 aliphatic carbocycles. The lowest BCUT2D eigenvalue weighted by atomic mass is 9.86. The lowest BCUT2D eigenvalue weighted by Gasteiger charge is -2.31. The summed E-state index contributed by atoms with van der Waals surface area (Å²) >= 11 is 0. The Kier molecular flexibility index (Phi) is 22.1. The first-order valence-electron chi connectivity index (χ1n) is 14.7. The van der Waals surface area contributed by atoms with Crippen molar-refractivity contribution in [2.45, 2.75) is 104 Å². The highest BCUT2D eigenvalue weighted by atomic mass is 33.1. The van der Waals surface area contributed by atoms with Gasteiger partial charge < -0.3 is 32.3 Å². The van der Waals surface area contributed by atoms with Crippen LogP contribution in [0.1, 0.15) is 92.9 Å². The van der Waals surface area contributed by atoms with Gasteiger partial charge in [0.2, 0.25) is 17.7 Å². The van der Waals surface area contributed by atoms with E-state index in [9.17, 15) is 14.4 Å². The van der Waals surface area contributed by atoms with Crippen molar-refractivity contribution in [1.82, 2.24) is 26.6 Å². The number of carbonyl (C=O) groups is 3. The van der Waals surface area contributed by atoms with Crippen LogP contribution in [0.2, 0.25) is 0 Å². The summed E-state index contributed by atoms with van der Waals surface area (Å²) in [4.78, 5) is 36.5. The van der Waals surface area contributed by atoms with Crippen molar-refractivity contribution in [3.8, 4) is 0 Å². The molecule has 0 spiro atoms. The number of nitrogens with two attached hydrogens (primary N) is 1. The van der Waals surface area contributed by atoms with Gasteiger partial charge >= 0.3 is 0 Å². The van der Waals surface area contributed by atoms with Crippen LogP contribution in [0.25, 0.3) is 0 Å². The van der Waals surface area contributed by atoms with Crippen molar-refractivity contribution >= 4 is 39.3 Å². The Morgan fingerprint density at radius 2 is 1.46 bits per heavy atom. The monoisotopic (exact) mass is 590 g/mol. The number of nitrogens with one attached hydrogen (secondary N) is 5. The fourth-order valence-corrected chi connectivity index (χ4v) is 5.79. The first-order chi connectivity index (χ1) is 18.5. The summed E-state index contributed by atoms with van der Waals surface area (Å²) in [5.74, 6) is 1.88. The molecular weight excluding hydrogens is 532 g/mol. The van der Waals surface area contributed by atoms with Gasteiger partial charge in [0.15, 0.2) is 0 Å². The maximum Gasteiger partial charge on any atom is 0.237 e. The number of rotatable bonds is 25.